The number of ether oxygens (including phenoxy) is 1. The lowest BCUT2D eigenvalue weighted by Crippen LogP contribution is -2.46. The fraction of sp³-hybridized carbons (Fsp3) is 0.818. The highest BCUT2D eigenvalue weighted by molar-refractivity contribution is 5.89. The molecule has 16 heavy (non-hydrogen) atoms. The van der Waals surface area contributed by atoms with Gasteiger partial charge in [-0.15, -0.1) is 0 Å². The van der Waals surface area contributed by atoms with Crippen molar-refractivity contribution in [1.82, 2.24) is 4.90 Å². The molecule has 0 aromatic heterocycles. The van der Waals surface area contributed by atoms with E-state index in [1.54, 1.807) is 4.90 Å². The van der Waals surface area contributed by atoms with Crippen molar-refractivity contribution >= 4 is 11.9 Å². The van der Waals surface area contributed by atoms with E-state index < -0.39 is 12.1 Å². The molecule has 1 amide bonds. The molecule has 2 atom stereocenters. The molecule has 1 fully saturated rings. The minimum Gasteiger partial charge on any atom is -0.467 e. The third kappa shape index (κ3) is 2.72. The molecule has 0 aliphatic carbocycles. The van der Waals surface area contributed by atoms with Gasteiger partial charge in [-0.05, 0) is 18.8 Å². The summed E-state index contributed by atoms with van der Waals surface area (Å²) in [6, 6.07) is -0.939. The Bertz CT molecular complexity index is 278. The molecule has 5 heteroatoms. The maximum Gasteiger partial charge on any atom is 0.328 e. The van der Waals surface area contributed by atoms with Crippen LogP contribution in [0, 0.1) is 5.92 Å². The summed E-state index contributed by atoms with van der Waals surface area (Å²) in [6.45, 7) is 4.57. The predicted molar refractivity (Wildman–Crippen MR) is 59.6 cm³/mol. The van der Waals surface area contributed by atoms with Crippen molar-refractivity contribution in [2.45, 2.75) is 38.8 Å². The molecule has 0 saturated carbocycles. The van der Waals surface area contributed by atoms with Crippen LogP contribution in [-0.4, -0.2) is 42.5 Å². The fourth-order valence-electron chi connectivity index (χ4n) is 1.97. The molecule has 1 aliphatic rings. The summed E-state index contributed by atoms with van der Waals surface area (Å²) in [5.74, 6) is -0.166. The van der Waals surface area contributed by atoms with Crippen LogP contribution in [0.25, 0.3) is 0 Å². The van der Waals surface area contributed by atoms with Crippen LogP contribution in [0.2, 0.25) is 0 Å². The smallest absolute Gasteiger partial charge is 0.328 e. The number of amides is 1. The average molecular weight is 228 g/mol. The van der Waals surface area contributed by atoms with Crippen molar-refractivity contribution in [1.29, 1.82) is 0 Å². The van der Waals surface area contributed by atoms with Gasteiger partial charge < -0.3 is 15.4 Å². The highest BCUT2D eigenvalue weighted by Gasteiger charge is 2.37. The minimum atomic E-state index is -0.481. The van der Waals surface area contributed by atoms with Gasteiger partial charge in [0.25, 0.3) is 0 Å². The second kappa shape index (κ2) is 5.30. The lowest BCUT2D eigenvalue weighted by atomic mass is 10.0. The van der Waals surface area contributed by atoms with Crippen LogP contribution in [0.15, 0.2) is 0 Å². The SMILES string of the molecule is COC(=O)[C@H](CC(C)C)N1CC[C@@H](N)C1=O. The number of likely N-dealkylation sites (tertiary alicyclic amines) is 1. The molecule has 1 saturated heterocycles. The van der Waals surface area contributed by atoms with Gasteiger partial charge in [-0.2, -0.15) is 0 Å². The minimum absolute atomic E-state index is 0.143. The maximum atomic E-state index is 11.7. The van der Waals surface area contributed by atoms with Gasteiger partial charge in [0.05, 0.1) is 13.2 Å². The number of hydrogen-bond donors (Lipinski definition) is 1. The second-order valence-electron chi connectivity index (χ2n) is 4.60. The van der Waals surface area contributed by atoms with Crippen LogP contribution < -0.4 is 5.73 Å². The van der Waals surface area contributed by atoms with E-state index in [9.17, 15) is 9.59 Å². The van der Waals surface area contributed by atoms with Crippen molar-refractivity contribution in [2.24, 2.45) is 11.7 Å². The molecule has 0 spiro atoms. The van der Waals surface area contributed by atoms with E-state index in [2.05, 4.69) is 0 Å². The maximum absolute atomic E-state index is 11.7. The zero-order valence-corrected chi connectivity index (χ0v) is 10.1. The lowest BCUT2D eigenvalue weighted by molar-refractivity contribution is -0.152. The van der Waals surface area contributed by atoms with Crippen molar-refractivity contribution in [3.63, 3.8) is 0 Å². The van der Waals surface area contributed by atoms with Gasteiger partial charge in [-0.3, -0.25) is 4.79 Å². The number of methoxy groups -OCH3 is 1. The van der Waals surface area contributed by atoms with E-state index in [1.807, 2.05) is 13.8 Å². The Labute approximate surface area is 95.9 Å². The Hall–Kier alpha value is -1.10. The standard InChI is InChI=1S/C11H20N2O3/c1-7(2)6-9(11(15)16-3)13-5-4-8(12)10(13)14/h7-9H,4-6,12H2,1-3H3/t8-,9+/m1/s1. The van der Waals surface area contributed by atoms with Crippen molar-refractivity contribution in [2.75, 3.05) is 13.7 Å². The molecule has 92 valence electrons. The zero-order valence-electron chi connectivity index (χ0n) is 10.1. The Morgan fingerprint density at radius 1 is 1.62 bits per heavy atom. The van der Waals surface area contributed by atoms with E-state index >= 15 is 0 Å². The molecule has 0 unspecified atom stereocenters. The summed E-state index contributed by atoms with van der Waals surface area (Å²) in [7, 11) is 1.34. The molecular formula is C11H20N2O3. The van der Waals surface area contributed by atoms with E-state index in [1.165, 1.54) is 7.11 Å². The highest BCUT2D eigenvalue weighted by Crippen LogP contribution is 2.19. The predicted octanol–water partition coefficient (Wildman–Crippen LogP) is 0.134. The topological polar surface area (TPSA) is 72.6 Å². The average Bonchev–Trinajstić information content (AvgIpc) is 2.55. The fourth-order valence-corrected chi connectivity index (χ4v) is 1.97. The van der Waals surface area contributed by atoms with Gasteiger partial charge in [0.2, 0.25) is 5.91 Å². The zero-order chi connectivity index (χ0) is 12.3. The molecule has 5 nitrogen and oxygen atoms in total. The molecule has 2 N–H and O–H groups in total. The molecule has 0 radical (unpaired) electrons. The van der Waals surface area contributed by atoms with Gasteiger partial charge in [-0.25, -0.2) is 4.79 Å². The van der Waals surface area contributed by atoms with Crippen molar-refractivity contribution in [3.8, 4) is 0 Å². The first-order valence-corrected chi connectivity index (χ1v) is 5.61. The van der Waals surface area contributed by atoms with Crippen LogP contribution in [-0.2, 0) is 14.3 Å². The van der Waals surface area contributed by atoms with Crippen LogP contribution in [0.1, 0.15) is 26.7 Å². The molecule has 1 rings (SSSR count). The lowest BCUT2D eigenvalue weighted by Gasteiger charge is -2.27. The number of carbonyl (C=O) groups is 2. The van der Waals surface area contributed by atoms with Gasteiger partial charge >= 0.3 is 5.97 Å². The van der Waals surface area contributed by atoms with Crippen LogP contribution >= 0.6 is 0 Å². The first kappa shape index (κ1) is 13.0. The molecular weight excluding hydrogens is 208 g/mol. The third-order valence-corrected chi connectivity index (χ3v) is 2.83. The first-order chi connectivity index (χ1) is 7.47. The molecule has 0 aromatic rings. The van der Waals surface area contributed by atoms with E-state index in [4.69, 9.17) is 10.5 Å². The Kier molecular flexibility index (Phi) is 4.29. The Morgan fingerprint density at radius 3 is 2.62 bits per heavy atom. The largest absolute Gasteiger partial charge is 0.467 e. The number of nitrogens with zero attached hydrogens (tertiary/aromatic N) is 1. The van der Waals surface area contributed by atoms with Crippen LogP contribution in [0.3, 0.4) is 0 Å². The molecule has 0 aromatic carbocycles. The summed E-state index contributed by atoms with van der Waals surface area (Å²) in [4.78, 5) is 24.9. The number of esters is 1. The number of hydrogen-bond acceptors (Lipinski definition) is 4. The summed E-state index contributed by atoms with van der Waals surface area (Å²) < 4.78 is 4.74. The Balaban J connectivity index is 2.76. The quantitative estimate of drug-likeness (QED) is 0.694. The third-order valence-electron chi connectivity index (χ3n) is 2.83. The monoisotopic (exact) mass is 228 g/mol. The van der Waals surface area contributed by atoms with E-state index in [0.29, 0.717) is 25.3 Å². The van der Waals surface area contributed by atoms with Gasteiger partial charge in [0, 0.05) is 6.54 Å². The highest BCUT2D eigenvalue weighted by atomic mass is 16.5. The summed E-state index contributed by atoms with van der Waals surface area (Å²) in [5, 5.41) is 0. The molecule has 1 heterocycles. The second-order valence-corrected chi connectivity index (χ2v) is 4.60. The number of carbonyl (C=O) groups excluding carboxylic acids is 2. The van der Waals surface area contributed by atoms with Gasteiger partial charge in [0.15, 0.2) is 0 Å². The Morgan fingerprint density at radius 2 is 2.25 bits per heavy atom. The molecule has 1 aliphatic heterocycles. The van der Waals surface area contributed by atoms with Gasteiger partial charge in [-0.1, -0.05) is 13.8 Å². The van der Waals surface area contributed by atoms with Crippen LogP contribution in [0.5, 0.6) is 0 Å². The number of nitrogens with two attached hydrogens (primary N) is 1. The number of rotatable bonds is 4. The summed E-state index contributed by atoms with van der Waals surface area (Å²) in [6.07, 6.45) is 1.23. The van der Waals surface area contributed by atoms with E-state index in [0.717, 1.165) is 0 Å². The van der Waals surface area contributed by atoms with Crippen molar-refractivity contribution < 1.29 is 14.3 Å². The summed E-state index contributed by atoms with van der Waals surface area (Å²) >= 11 is 0. The van der Waals surface area contributed by atoms with E-state index in [-0.39, 0.29) is 11.9 Å². The normalized spacial score (nSPS) is 22.7. The van der Waals surface area contributed by atoms with Crippen molar-refractivity contribution in [3.05, 3.63) is 0 Å². The van der Waals surface area contributed by atoms with Gasteiger partial charge in [0.1, 0.15) is 6.04 Å². The molecule has 0 bridgehead atoms. The first-order valence-electron chi connectivity index (χ1n) is 5.61. The summed E-state index contributed by atoms with van der Waals surface area (Å²) in [5.41, 5.74) is 5.64. The van der Waals surface area contributed by atoms with Crippen LogP contribution in [0.4, 0.5) is 0 Å².